The quantitative estimate of drug-likeness (QED) is 0.772. The summed E-state index contributed by atoms with van der Waals surface area (Å²) in [7, 11) is 0. The summed E-state index contributed by atoms with van der Waals surface area (Å²) in [5.74, 6) is -0.816. The summed E-state index contributed by atoms with van der Waals surface area (Å²) in [5, 5.41) is 21.5. The number of hydrogen-bond acceptors (Lipinski definition) is 4. The van der Waals surface area contributed by atoms with Crippen molar-refractivity contribution in [2.24, 2.45) is 0 Å². The van der Waals surface area contributed by atoms with Crippen molar-refractivity contribution in [2.45, 2.75) is 13.8 Å². The Balaban J connectivity index is 2.25. The van der Waals surface area contributed by atoms with Crippen LogP contribution in [0.2, 0.25) is 0 Å². The molecule has 5 nitrogen and oxygen atoms in total. The fourth-order valence-electron chi connectivity index (χ4n) is 1.72. The lowest BCUT2D eigenvalue weighted by Gasteiger charge is -2.09. The van der Waals surface area contributed by atoms with Crippen LogP contribution in [0.1, 0.15) is 21.7 Å². The van der Waals surface area contributed by atoms with E-state index in [9.17, 15) is 15.0 Å². The summed E-state index contributed by atoms with van der Waals surface area (Å²) < 4.78 is 0. The number of rotatable bonds is 2. The molecular formula is C14H14N2O3. The van der Waals surface area contributed by atoms with Crippen molar-refractivity contribution in [1.82, 2.24) is 4.98 Å². The molecule has 2 rings (SSSR count). The molecule has 0 aliphatic rings. The minimum atomic E-state index is -0.453. The zero-order chi connectivity index (χ0) is 14.0. The second-order valence-corrected chi connectivity index (χ2v) is 4.24. The van der Waals surface area contributed by atoms with E-state index in [-0.39, 0.29) is 17.1 Å². The first-order chi connectivity index (χ1) is 8.97. The first-order valence-corrected chi connectivity index (χ1v) is 5.75. The van der Waals surface area contributed by atoms with Gasteiger partial charge in [-0.25, -0.2) is 0 Å². The molecule has 5 heteroatoms. The van der Waals surface area contributed by atoms with E-state index < -0.39 is 5.91 Å². The van der Waals surface area contributed by atoms with Gasteiger partial charge in [-0.3, -0.25) is 9.78 Å². The first kappa shape index (κ1) is 12.9. The molecule has 1 amide bonds. The van der Waals surface area contributed by atoms with E-state index in [0.29, 0.717) is 11.4 Å². The number of pyridine rings is 1. The summed E-state index contributed by atoms with van der Waals surface area (Å²) in [4.78, 5) is 16.2. The van der Waals surface area contributed by atoms with Gasteiger partial charge in [-0.1, -0.05) is 0 Å². The lowest BCUT2D eigenvalue weighted by Crippen LogP contribution is -2.13. The number of amides is 1. The van der Waals surface area contributed by atoms with Crippen LogP contribution in [0.25, 0.3) is 0 Å². The molecule has 0 fully saturated rings. The molecule has 2 aromatic rings. The predicted molar refractivity (Wildman–Crippen MR) is 71.4 cm³/mol. The number of carbonyl (C=O) groups excluding carboxylic acids is 1. The molecule has 19 heavy (non-hydrogen) atoms. The molecule has 0 radical (unpaired) electrons. The lowest BCUT2D eigenvalue weighted by atomic mass is 10.1. The molecule has 98 valence electrons. The largest absolute Gasteiger partial charge is 0.508 e. The van der Waals surface area contributed by atoms with E-state index in [2.05, 4.69) is 10.3 Å². The van der Waals surface area contributed by atoms with Crippen LogP contribution in [-0.4, -0.2) is 21.1 Å². The Hall–Kier alpha value is -2.56. The van der Waals surface area contributed by atoms with Crippen LogP contribution in [0.4, 0.5) is 5.69 Å². The molecule has 0 saturated heterocycles. The average Bonchev–Trinajstić information content (AvgIpc) is 2.32. The number of nitrogens with zero attached hydrogens (tertiary/aromatic N) is 1. The van der Waals surface area contributed by atoms with Gasteiger partial charge in [-0.05, 0) is 38.1 Å². The predicted octanol–water partition coefficient (Wildman–Crippen LogP) is 2.36. The summed E-state index contributed by atoms with van der Waals surface area (Å²) in [5.41, 5.74) is 2.25. The number of nitrogens with one attached hydrogen (secondary N) is 1. The standard InChI is InChI=1S/C14H14N2O3/c1-8-3-6-12(9(2)15-8)16-14(19)11-5-4-10(17)7-13(11)18/h3-7,17-18H,1-2H3,(H,16,19). The number of carbonyl (C=O) groups is 1. The van der Waals surface area contributed by atoms with Crippen molar-refractivity contribution in [2.75, 3.05) is 5.32 Å². The highest BCUT2D eigenvalue weighted by molar-refractivity contribution is 6.06. The van der Waals surface area contributed by atoms with E-state index in [1.807, 2.05) is 6.92 Å². The summed E-state index contributed by atoms with van der Waals surface area (Å²) in [6.45, 7) is 3.66. The molecule has 1 aromatic heterocycles. The average molecular weight is 258 g/mol. The fourth-order valence-corrected chi connectivity index (χ4v) is 1.72. The normalized spacial score (nSPS) is 10.2. The summed E-state index contributed by atoms with van der Waals surface area (Å²) >= 11 is 0. The van der Waals surface area contributed by atoms with Crippen LogP contribution in [0.15, 0.2) is 30.3 Å². The molecule has 0 unspecified atom stereocenters. The van der Waals surface area contributed by atoms with Gasteiger partial charge in [-0.15, -0.1) is 0 Å². The number of hydrogen-bond donors (Lipinski definition) is 3. The minimum absolute atomic E-state index is 0.0952. The monoisotopic (exact) mass is 258 g/mol. The van der Waals surface area contributed by atoms with Gasteiger partial charge in [0, 0.05) is 11.8 Å². The van der Waals surface area contributed by atoms with E-state index >= 15 is 0 Å². The number of phenols is 2. The minimum Gasteiger partial charge on any atom is -0.508 e. The van der Waals surface area contributed by atoms with E-state index in [4.69, 9.17) is 0 Å². The molecule has 1 heterocycles. The highest BCUT2D eigenvalue weighted by Gasteiger charge is 2.13. The van der Waals surface area contributed by atoms with Crippen LogP contribution in [0, 0.1) is 13.8 Å². The van der Waals surface area contributed by atoms with Crippen LogP contribution in [0.3, 0.4) is 0 Å². The lowest BCUT2D eigenvalue weighted by molar-refractivity contribution is 0.102. The highest BCUT2D eigenvalue weighted by atomic mass is 16.3. The first-order valence-electron chi connectivity index (χ1n) is 5.75. The Labute approximate surface area is 110 Å². The molecule has 0 atom stereocenters. The second-order valence-electron chi connectivity index (χ2n) is 4.24. The van der Waals surface area contributed by atoms with Crippen LogP contribution in [-0.2, 0) is 0 Å². The molecule has 0 aliphatic carbocycles. The summed E-state index contributed by atoms with van der Waals surface area (Å²) in [6.07, 6.45) is 0. The van der Waals surface area contributed by atoms with Crippen LogP contribution in [0.5, 0.6) is 11.5 Å². The summed E-state index contributed by atoms with van der Waals surface area (Å²) in [6, 6.07) is 7.37. The zero-order valence-electron chi connectivity index (χ0n) is 10.6. The van der Waals surface area contributed by atoms with Gasteiger partial charge in [-0.2, -0.15) is 0 Å². The Morgan fingerprint density at radius 1 is 1.16 bits per heavy atom. The van der Waals surface area contributed by atoms with Gasteiger partial charge in [0.1, 0.15) is 11.5 Å². The van der Waals surface area contributed by atoms with Gasteiger partial charge in [0.25, 0.3) is 5.91 Å². The van der Waals surface area contributed by atoms with Gasteiger partial charge < -0.3 is 15.5 Å². The molecule has 0 bridgehead atoms. The third-order valence-corrected chi connectivity index (χ3v) is 2.70. The Morgan fingerprint density at radius 3 is 2.53 bits per heavy atom. The van der Waals surface area contributed by atoms with E-state index in [1.165, 1.54) is 12.1 Å². The maximum Gasteiger partial charge on any atom is 0.259 e. The number of anilines is 1. The van der Waals surface area contributed by atoms with Gasteiger partial charge in [0.2, 0.25) is 0 Å². The van der Waals surface area contributed by atoms with Crippen molar-refractivity contribution in [3.8, 4) is 11.5 Å². The van der Waals surface area contributed by atoms with E-state index in [1.54, 1.807) is 19.1 Å². The van der Waals surface area contributed by atoms with Crippen molar-refractivity contribution >= 4 is 11.6 Å². The SMILES string of the molecule is Cc1ccc(NC(=O)c2ccc(O)cc2O)c(C)n1. The molecule has 0 spiro atoms. The van der Waals surface area contributed by atoms with Crippen LogP contribution < -0.4 is 5.32 Å². The van der Waals surface area contributed by atoms with Crippen molar-refractivity contribution in [1.29, 1.82) is 0 Å². The van der Waals surface area contributed by atoms with Crippen molar-refractivity contribution in [3.05, 3.63) is 47.3 Å². The number of aromatic nitrogens is 1. The molecule has 0 aliphatic heterocycles. The number of aromatic hydroxyl groups is 2. The Kier molecular flexibility index (Phi) is 3.37. The highest BCUT2D eigenvalue weighted by Crippen LogP contribution is 2.24. The van der Waals surface area contributed by atoms with Gasteiger partial charge >= 0.3 is 0 Å². The third-order valence-electron chi connectivity index (χ3n) is 2.70. The number of phenolic OH excluding ortho intramolecular Hbond substituents is 2. The molecular weight excluding hydrogens is 244 g/mol. The van der Waals surface area contributed by atoms with Gasteiger partial charge in [0.15, 0.2) is 0 Å². The Morgan fingerprint density at radius 2 is 1.89 bits per heavy atom. The Bertz CT molecular complexity index is 639. The maximum absolute atomic E-state index is 12.0. The number of aryl methyl sites for hydroxylation is 2. The fraction of sp³-hybridized carbons (Fsp3) is 0.143. The zero-order valence-corrected chi connectivity index (χ0v) is 10.6. The second kappa shape index (κ2) is 4.97. The number of benzene rings is 1. The van der Waals surface area contributed by atoms with Gasteiger partial charge in [0.05, 0.1) is 16.9 Å². The molecule has 1 aromatic carbocycles. The maximum atomic E-state index is 12.0. The topological polar surface area (TPSA) is 82.5 Å². The van der Waals surface area contributed by atoms with Crippen molar-refractivity contribution < 1.29 is 15.0 Å². The molecule has 0 saturated carbocycles. The molecule has 3 N–H and O–H groups in total. The van der Waals surface area contributed by atoms with Crippen molar-refractivity contribution in [3.63, 3.8) is 0 Å². The smallest absolute Gasteiger partial charge is 0.259 e. The van der Waals surface area contributed by atoms with E-state index in [0.717, 1.165) is 11.8 Å². The van der Waals surface area contributed by atoms with Crippen LogP contribution >= 0.6 is 0 Å². The third kappa shape index (κ3) is 2.82.